The molecule has 0 atom stereocenters. The lowest BCUT2D eigenvalue weighted by Crippen LogP contribution is -2.37. The van der Waals surface area contributed by atoms with Crippen LogP contribution in [0.25, 0.3) is 0 Å². The standard InChI is InChI=1S/C13H24N4/c1-9(2)12-8-11(5)15-13(16-12)17(7-6-14)10(3)4/h8-10H,6-7,14H2,1-5H3. The lowest BCUT2D eigenvalue weighted by molar-refractivity contribution is 0.655. The molecule has 0 unspecified atom stereocenters. The first-order valence-corrected chi connectivity index (χ1v) is 6.28. The van der Waals surface area contributed by atoms with E-state index in [4.69, 9.17) is 5.73 Å². The molecule has 0 aliphatic heterocycles. The van der Waals surface area contributed by atoms with Crippen LogP contribution in [-0.4, -0.2) is 29.1 Å². The lowest BCUT2D eigenvalue weighted by atomic mass is 10.1. The van der Waals surface area contributed by atoms with Crippen LogP contribution in [0, 0.1) is 6.92 Å². The normalized spacial score (nSPS) is 11.3. The second-order valence-corrected chi connectivity index (χ2v) is 4.96. The Morgan fingerprint density at radius 3 is 2.35 bits per heavy atom. The van der Waals surface area contributed by atoms with Crippen LogP contribution in [0.15, 0.2) is 6.07 Å². The highest BCUT2D eigenvalue weighted by Crippen LogP contribution is 2.18. The van der Waals surface area contributed by atoms with Crippen molar-refractivity contribution in [2.45, 2.75) is 46.6 Å². The predicted molar refractivity (Wildman–Crippen MR) is 72.4 cm³/mol. The molecule has 0 bridgehead atoms. The maximum Gasteiger partial charge on any atom is 0.226 e. The first kappa shape index (κ1) is 13.9. The van der Waals surface area contributed by atoms with Gasteiger partial charge in [-0.1, -0.05) is 13.8 Å². The van der Waals surface area contributed by atoms with Crippen molar-refractivity contribution in [3.63, 3.8) is 0 Å². The molecule has 0 fully saturated rings. The molecule has 1 aromatic heterocycles. The van der Waals surface area contributed by atoms with Crippen LogP contribution >= 0.6 is 0 Å². The number of nitrogens with zero attached hydrogens (tertiary/aromatic N) is 3. The number of hydrogen-bond donors (Lipinski definition) is 1. The summed E-state index contributed by atoms with van der Waals surface area (Å²) in [5.74, 6) is 1.22. The van der Waals surface area contributed by atoms with E-state index in [2.05, 4.69) is 48.6 Å². The Morgan fingerprint density at radius 1 is 1.24 bits per heavy atom. The molecule has 1 heterocycles. The number of rotatable bonds is 5. The van der Waals surface area contributed by atoms with Gasteiger partial charge in [0.25, 0.3) is 0 Å². The van der Waals surface area contributed by atoms with Crippen molar-refractivity contribution in [1.82, 2.24) is 9.97 Å². The fraction of sp³-hybridized carbons (Fsp3) is 0.692. The van der Waals surface area contributed by atoms with Gasteiger partial charge in [-0.05, 0) is 32.8 Å². The quantitative estimate of drug-likeness (QED) is 0.850. The third-order valence-corrected chi connectivity index (χ3v) is 2.70. The molecular formula is C13H24N4. The maximum atomic E-state index is 5.64. The van der Waals surface area contributed by atoms with E-state index in [0.29, 0.717) is 18.5 Å². The highest BCUT2D eigenvalue weighted by atomic mass is 15.3. The van der Waals surface area contributed by atoms with Crippen molar-refractivity contribution < 1.29 is 0 Å². The number of aryl methyl sites for hydroxylation is 1. The number of aromatic nitrogens is 2. The molecule has 0 saturated heterocycles. The zero-order chi connectivity index (χ0) is 13.0. The first-order valence-electron chi connectivity index (χ1n) is 6.28. The average Bonchev–Trinajstić information content (AvgIpc) is 2.24. The second-order valence-electron chi connectivity index (χ2n) is 4.96. The fourth-order valence-electron chi connectivity index (χ4n) is 1.73. The van der Waals surface area contributed by atoms with Crippen molar-refractivity contribution in [1.29, 1.82) is 0 Å². The Hall–Kier alpha value is -1.16. The van der Waals surface area contributed by atoms with Crippen molar-refractivity contribution >= 4 is 5.95 Å². The van der Waals surface area contributed by atoms with Gasteiger partial charge in [-0.25, -0.2) is 9.97 Å². The summed E-state index contributed by atoms with van der Waals surface area (Å²) in [7, 11) is 0. The molecule has 0 spiro atoms. The Morgan fingerprint density at radius 2 is 1.88 bits per heavy atom. The summed E-state index contributed by atoms with van der Waals surface area (Å²) in [6, 6.07) is 2.41. The molecule has 0 aromatic carbocycles. The third kappa shape index (κ3) is 3.66. The van der Waals surface area contributed by atoms with Gasteiger partial charge >= 0.3 is 0 Å². The highest BCUT2D eigenvalue weighted by Gasteiger charge is 2.14. The van der Waals surface area contributed by atoms with Crippen molar-refractivity contribution in [3.8, 4) is 0 Å². The van der Waals surface area contributed by atoms with Gasteiger partial charge in [0.05, 0.1) is 0 Å². The van der Waals surface area contributed by atoms with Crippen LogP contribution in [0.1, 0.15) is 45.0 Å². The van der Waals surface area contributed by atoms with E-state index >= 15 is 0 Å². The summed E-state index contributed by atoms with van der Waals surface area (Å²) in [5.41, 5.74) is 7.75. The molecule has 0 aliphatic carbocycles. The molecule has 0 saturated carbocycles. The summed E-state index contributed by atoms with van der Waals surface area (Å²) < 4.78 is 0. The van der Waals surface area contributed by atoms with Crippen LogP contribution in [0.3, 0.4) is 0 Å². The van der Waals surface area contributed by atoms with E-state index in [1.54, 1.807) is 0 Å². The molecule has 0 aliphatic rings. The molecule has 0 radical (unpaired) electrons. The van der Waals surface area contributed by atoms with Crippen molar-refractivity contribution in [2.24, 2.45) is 5.73 Å². The predicted octanol–water partition coefficient (Wildman–Crippen LogP) is 2.08. The van der Waals surface area contributed by atoms with E-state index in [9.17, 15) is 0 Å². The van der Waals surface area contributed by atoms with E-state index in [0.717, 1.165) is 23.9 Å². The molecule has 17 heavy (non-hydrogen) atoms. The van der Waals surface area contributed by atoms with Gasteiger partial charge in [0.1, 0.15) is 0 Å². The minimum absolute atomic E-state index is 0.361. The van der Waals surface area contributed by atoms with Crippen LogP contribution in [0.5, 0.6) is 0 Å². The summed E-state index contributed by atoms with van der Waals surface area (Å²) >= 11 is 0. The Kier molecular flexibility index (Phi) is 4.87. The Balaban J connectivity index is 3.10. The van der Waals surface area contributed by atoms with Gasteiger partial charge in [-0.2, -0.15) is 0 Å². The summed E-state index contributed by atoms with van der Waals surface area (Å²) in [4.78, 5) is 11.3. The van der Waals surface area contributed by atoms with Gasteiger partial charge < -0.3 is 10.6 Å². The molecule has 2 N–H and O–H groups in total. The molecule has 4 nitrogen and oxygen atoms in total. The monoisotopic (exact) mass is 236 g/mol. The molecule has 4 heteroatoms. The van der Waals surface area contributed by atoms with Gasteiger partial charge in [-0.3, -0.25) is 0 Å². The van der Waals surface area contributed by atoms with E-state index in [-0.39, 0.29) is 0 Å². The highest BCUT2D eigenvalue weighted by molar-refractivity contribution is 5.34. The number of anilines is 1. The van der Waals surface area contributed by atoms with Crippen LogP contribution in [0.2, 0.25) is 0 Å². The third-order valence-electron chi connectivity index (χ3n) is 2.70. The molecule has 0 amide bonds. The second kappa shape index (κ2) is 5.96. The lowest BCUT2D eigenvalue weighted by Gasteiger charge is -2.27. The topological polar surface area (TPSA) is 55.0 Å². The van der Waals surface area contributed by atoms with Crippen molar-refractivity contribution in [3.05, 3.63) is 17.5 Å². The molecule has 1 aromatic rings. The maximum absolute atomic E-state index is 5.64. The van der Waals surface area contributed by atoms with Gasteiger partial charge in [-0.15, -0.1) is 0 Å². The molecular weight excluding hydrogens is 212 g/mol. The van der Waals surface area contributed by atoms with Crippen LogP contribution in [0.4, 0.5) is 5.95 Å². The summed E-state index contributed by atoms with van der Waals surface area (Å²) in [6.45, 7) is 12.0. The summed E-state index contributed by atoms with van der Waals surface area (Å²) in [6.07, 6.45) is 0. The zero-order valence-corrected chi connectivity index (χ0v) is 11.6. The molecule has 1 rings (SSSR count). The zero-order valence-electron chi connectivity index (χ0n) is 11.6. The minimum Gasteiger partial charge on any atom is -0.337 e. The first-order chi connectivity index (χ1) is 7.95. The van der Waals surface area contributed by atoms with Gasteiger partial charge in [0.2, 0.25) is 5.95 Å². The Labute approximate surface area is 104 Å². The molecule has 96 valence electrons. The number of hydrogen-bond acceptors (Lipinski definition) is 4. The number of nitrogens with two attached hydrogens (primary N) is 1. The van der Waals surface area contributed by atoms with Gasteiger partial charge in [0.15, 0.2) is 0 Å². The minimum atomic E-state index is 0.361. The SMILES string of the molecule is Cc1cc(C(C)C)nc(N(CCN)C(C)C)n1. The Bertz CT molecular complexity index is 360. The van der Waals surface area contributed by atoms with Crippen LogP contribution in [-0.2, 0) is 0 Å². The van der Waals surface area contributed by atoms with Crippen molar-refractivity contribution in [2.75, 3.05) is 18.0 Å². The van der Waals surface area contributed by atoms with E-state index < -0.39 is 0 Å². The summed E-state index contributed by atoms with van der Waals surface area (Å²) in [5, 5.41) is 0. The average molecular weight is 236 g/mol. The van der Waals surface area contributed by atoms with Gasteiger partial charge in [0, 0.05) is 30.5 Å². The van der Waals surface area contributed by atoms with Crippen LogP contribution < -0.4 is 10.6 Å². The fourth-order valence-corrected chi connectivity index (χ4v) is 1.73. The van der Waals surface area contributed by atoms with E-state index in [1.807, 2.05) is 6.92 Å². The van der Waals surface area contributed by atoms with E-state index in [1.165, 1.54) is 0 Å². The largest absolute Gasteiger partial charge is 0.337 e. The smallest absolute Gasteiger partial charge is 0.226 e.